The molecule has 0 heterocycles. The first-order chi connectivity index (χ1) is 12.3. The van der Waals surface area contributed by atoms with Crippen molar-refractivity contribution in [3.05, 3.63) is 35.4 Å². The zero-order valence-electron chi connectivity index (χ0n) is 16.6. The molecule has 1 aliphatic rings. The highest BCUT2D eigenvalue weighted by Gasteiger charge is 2.37. The van der Waals surface area contributed by atoms with E-state index in [0.29, 0.717) is 0 Å². The summed E-state index contributed by atoms with van der Waals surface area (Å²) in [5.41, 5.74) is 2.83. The van der Waals surface area contributed by atoms with Crippen LogP contribution in [0, 0.1) is 6.92 Å². The van der Waals surface area contributed by atoms with Crippen molar-refractivity contribution in [3.63, 3.8) is 0 Å². The van der Waals surface area contributed by atoms with Crippen LogP contribution in [0.3, 0.4) is 0 Å². The third-order valence-electron chi connectivity index (χ3n) is 5.70. The first-order valence-corrected chi connectivity index (χ1v) is 9.57. The van der Waals surface area contributed by atoms with Crippen molar-refractivity contribution in [1.82, 2.24) is 15.5 Å². The third kappa shape index (κ3) is 5.56. The second-order valence-corrected chi connectivity index (χ2v) is 7.80. The number of rotatable bonds is 7. The second kappa shape index (κ2) is 9.17. The summed E-state index contributed by atoms with van der Waals surface area (Å²) in [5, 5.41) is 5.66. The molecule has 2 amide bonds. The molecule has 1 aromatic carbocycles. The van der Waals surface area contributed by atoms with Gasteiger partial charge in [-0.15, -0.1) is 0 Å². The predicted octanol–water partition coefficient (Wildman–Crippen LogP) is 2.42. The summed E-state index contributed by atoms with van der Waals surface area (Å²) in [7, 11) is 5.92. The van der Waals surface area contributed by atoms with E-state index in [1.54, 1.807) is 7.05 Å². The summed E-state index contributed by atoms with van der Waals surface area (Å²) >= 11 is 0. The molecule has 0 saturated heterocycles. The molecule has 0 radical (unpaired) electrons. The van der Waals surface area contributed by atoms with Gasteiger partial charge in [0.1, 0.15) is 0 Å². The first kappa shape index (κ1) is 20.4. The average Bonchev–Trinajstić information content (AvgIpc) is 2.61. The molecule has 5 heteroatoms. The van der Waals surface area contributed by atoms with Gasteiger partial charge in [0.2, 0.25) is 11.8 Å². The first-order valence-electron chi connectivity index (χ1n) is 9.57. The molecule has 0 spiro atoms. The molecule has 2 N–H and O–H groups in total. The van der Waals surface area contributed by atoms with Gasteiger partial charge in [-0.25, -0.2) is 0 Å². The highest BCUT2D eigenvalue weighted by Crippen LogP contribution is 2.35. The van der Waals surface area contributed by atoms with Crippen molar-refractivity contribution in [2.45, 2.75) is 63.5 Å². The molecular weight excluding hydrogens is 326 g/mol. The van der Waals surface area contributed by atoms with E-state index in [1.807, 2.05) is 0 Å². The van der Waals surface area contributed by atoms with E-state index in [1.165, 1.54) is 11.1 Å². The van der Waals surface area contributed by atoms with Crippen molar-refractivity contribution in [1.29, 1.82) is 0 Å². The number of nitrogens with zero attached hydrogens (tertiary/aromatic N) is 1. The molecule has 5 nitrogen and oxygen atoms in total. The lowest BCUT2D eigenvalue weighted by molar-refractivity contribution is -0.126. The number of hydrogen-bond acceptors (Lipinski definition) is 3. The van der Waals surface area contributed by atoms with E-state index >= 15 is 0 Å². The normalized spacial score (nSPS) is 22.9. The van der Waals surface area contributed by atoms with Gasteiger partial charge >= 0.3 is 0 Å². The highest BCUT2D eigenvalue weighted by atomic mass is 16.2. The van der Waals surface area contributed by atoms with Crippen molar-refractivity contribution < 1.29 is 9.59 Å². The Bertz CT molecular complexity index is 619. The lowest BCUT2D eigenvalue weighted by Gasteiger charge is -2.45. The second-order valence-electron chi connectivity index (χ2n) is 7.80. The van der Waals surface area contributed by atoms with Crippen molar-refractivity contribution >= 4 is 11.8 Å². The molecule has 1 saturated carbocycles. The Morgan fingerprint density at radius 3 is 2.38 bits per heavy atom. The summed E-state index contributed by atoms with van der Waals surface area (Å²) in [6.07, 6.45) is 5.65. The highest BCUT2D eigenvalue weighted by molar-refractivity contribution is 5.83. The zero-order valence-corrected chi connectivity index (χ0v) is 16.6. The van der Waals surface area contributed by atoms with Crippen molar-refractivity contribution in [3.8, 4) is 0 Å². The van der Waals surface area contributed by atoms with Gasteiger partial charge in [-0.05, 0) is 58.7 Å². The number of likely N-dealkylation sites (N-methyl/N-ethyl adjacent to an activating group) is 1. The fraction of sp³-hybridized carbons (Fsp3) is 0.619. The van der Waals surface area contributed by atoms with Crippen molar-refractivity contribution in [2.24, 2.45) is 0 Å². The summed E-state index contributed by atoms with van der Waals surface area (Å²) in [6, 6.07) is 8.98. The fourth-order valence-corrected chi connectivity index (χ4v) is 3.94. The molecule has 0 bridgehead atoms. The monoisotopic (exact) mass is 359 g/mol. The molecule has 2 rings (SSSR count). The predicted molar refractivity (Wildman–Crippen MR) is 105 cm³/mol. The van der Waals surface area contributed by atoms with Crippen LogP contribution in [0.15, 0.2) is 24.3 Å². The van der Waals surface area contributed by atoms with Gasteiger partial charge in [0.25, 0.3) is 0 Å². The van der Waals surface area contributed by atoms with Gasteiger partial charge in [-0.2, -0.15) is 0 Å². The molecule has 1 aromatic rings. The fourth-order valence-electron chi connectivity index (χ4n) is 3.94. The summed E-state index contributed by atoms with van der Waals surface area (Å²) < 4.78 is 0. The van der Waals surface area contributed by atoms with Crippen LogP contribution in [0.5, 0.6) is 0 Å². The van der Waals surface area contributed by atoms with Crippen LogP contribution in [0.4, 0.5) is 0 Å². The Morgan fingerprint density at radius 2 is 1.81 bits per heavy atom. The van der Waals surface area contributed by atoms with Gasteiger partial charge < -0.3 is 15.5 Å². The van der Waals surface area contributed by atoms with E-state index in [0.717, 1.165) is 32.1 Å². The standard InChI is InChI=1S/C21H33N3O2/c1-16-6-5-7-17(14-16)15-21(24(3)4)12-10-18(11-13-21)23-20(26)9-8-19(25)22-2/h5-7,14,18H,8-13,15H2,1-4H3,(H,22,25)(H,23,26). The number of nitrogens with one attached hydrogen (secondary N) is 2. The van der Waals surface area contributed by atoms with Crippen LogP contribution in [0.1, 0.15) is 49.7 Å². The quantitative estimate of drug-likeness (QED) is 0.786. The molecule has 0 aromatic heterocycles. The third-order valence-corrected chi connectivity index (χ3v) is 5.70. The van der Waals surface area contributed by atoms with E-state index in [-0.39, 0.29) is 36.2 Å². The summed E-state index contributed by atoms with van der Waals surface area (Å²) in [6.45, 7) is 2.14. The number of carbonyl (C=O) groups excluding carboxylic acids is 2. The van der Waals surface area contributed by atoms with E-state index in [4.69, 9.17) is 0 Å². The molecule has 0 unspecified atom stereocenters. The molecule has 0 atom stereocenters. The number of hydrogen-bond donors (Lipinski definition) is 2. The van der Waals surface area contributed by atoms with Gasteiger partial charge in [0, 0.05) is 31.5 Å². The lowest BCUT2D eigenvalue weighted by Crippen LogP contribution is -2.52. The Hall–Kier alpha value is -1.88. The van der Waals surface area contributed by atoms with Crippen LogP contribution in [0.2, 0.25) is 0 Å². The summed E-state index contributed by atoms with van der Waals surface area (Å²) in [4.78, 5) is 25.7. The number of aryl methyl sites for hydroxylation is 1. The minimum atomic E-state index is -0.0893. The molecule has 1 fully saturated rings. The van der Waals surface area contributed by atoms with Crippen molar-refractivity contribution in [2.75, 3.05) is 21.1 Å². The summed E-state index contributed by atoms with van der Waals surface area (Å²) in [5.74, 6) is -0.108. The average molecular weight is 360 g/mol. The van der Waals surface area contributed by atoms with Crippen LogP contribution in [0.25, 0.3) is 0 Å². The smallest absolute Gasteiger partial charge is 0.220 e. The SMILES string of the molecule is CNC(=O)CCC(=O)NC1CCC(Cc2cccc(C)c2)(N(C)C)CC1. The van der Waals surface area contributed by atoms with E-state index in [9.17, 15) is 9.59 Å². The van der Waals surface area contributed by atoms with Crippen LogP contribution >= 0.6 is 0 Å². The Kier molecular flexibility index (Phi) is 7.21. The van der Waals surface area contributed by atoms with Crippen LogP contribution in [-0.4, -0.2) is 49.4 Å². The number of benzene rings is 1. The minimum Gasteiger partial charge on any atom is -0.359 e. The Balaban J connectivity index is 1.90. The van der Waals surface area contributed by atoms with Gasteiger partial charge in [-0.1, -0.05) is 29.8 Å². The van der Waals surface area contributed by atoms with Crippen LogP contribution in [-0.2, 0) is 16.0 Å². The van der Waals surface area contributed by atoms with Gasteiger partial charge in [-0.3, -0.25) is 9.59 Å². The largest absolute Gasteiger partial charge is 0.359 e. The maximum Gasteiger partial charge on any atom is 0.220 e. The van der Waals surface area contributed by atoms with Gasteiger partial charge in [0.05, 0.1) is 0 Å². The number of carbonyl (C=O) groups is 2. The van der Waals surface area contributed by atoms with E-state index in [2.05, 4.69) is 60.8 Å². The Labute approximate surface area is 157 Å². The molecule has 0 aliphatic heterocycles. The molecule has 144 valence electrons. The zero-order chi connectivity index (χ0) is 19.2. The molecule has 1 aliphatic carbocycles. The Morgan fingerprint density at radius 1 is 1.15 bits per heavy atom. The number of amides is 2. The topological polar surface area (TPSA) is 61.4 Å². The maximum absolute atomic E-state index is 12.1. The minimum absolute atomic E-state index is 0.0189. The maximum atomic E-state index is 12.1. The van der Waals surface area contributed by atoms with E-state index < -0.39 is 0 Å². The molecular formula is C21H33N3O2. The van der Waals surface area contributed by atoms with Gasteiger partial charge in [0.15, 0.2) is 0 Å². The lowest BCUT2D eigenvalue weighted by atomic mass is 9.74. The van der Waals surface area contributed by atoms with Crippen LogP contribution < -0.4 is 10.6 Å². The molecule has 26 heavy (non-hydrogen) atoms.